The van der Waals surface area contributed by atoms with Crippen LogP contribution in [0.5, 0.6) is 0 Å². The minimum Gasteiger partial charge on any atom is -0.375 e. The van der Waals surface area contributed by atoms with Gasteiger partial charge in [0.15, 0.2) is 0 Å². The molecule has 19 heavy (non-hydrogen) atoms. The third-order valence-electron chi connectivity index (χ3n) is 4.76. The van der Waals surface area contributed by atoms with Gasteiger partial charge in [-0.05, 0) is 77.2 Å². The first-order valence-corrected chi connectivity index (χ1v) is 8.84. The van der Waals surface area contributed by atoms with Crippen LogP contribution >= 0.6 is 11.8 Å². The summed E-state index contributed by atoms with van der Waals surface area (Å²) < 4.78 is 6.21. The van der Waals surface area contributed by atoms with E-state index in [1.54, 1.807) is 0 Å². The minimum atomic E-state index is 0.224. The van der Waals surface area contributed by atoms with Gasteiger partial charge in [0.1, 0.15) is 0 Å². The van der Waals surface area contributed by atoms with Gasteiger partial charge in [0.2, 0.25) is 0 Å². The Labute approximate surface area is 122 Å². The lowest BCUT2D eigenvalue weighted by Gasteiger charge is -2.45. The van der Waals surface area contributed by atoms with Crippen molar-refractivity contribution in [3.8, 4) is 0 Å². The summed E-state index contributed by atoms with van der Waals surface area (Å²) in [4.78, 5) is 2.29. The highest BCUT2D eigenvalue weighted by Gasteiger charge is 2.40. The van der Waals surface area contributed by atoms with Crippen molar-refractivity contribution in [2.75, 3.05) is 45.8 Å². The van der Waals surface area contributed by atoms with Crippen molar-refractivity contribution < 1.29 is 4.74 Å². The van der Waals surface area contributed by atoms with Crippen LogP contribution in [-0.4, -0.2) is 62.3 Å². The minimum absolute atomic E-state index is 0.224. The van der Waals surface area contributed by atoms with Crippen LogP contribution < -0.4 is 5.32 Å². The molecule has 4 heteroatoms. The Kier molecular flexibility index (Phi) is 6.00. The van der Waals surface area contributed by atoms with Crippen LogP contribution in [0, 0.1) is 5.92 Å². The normalized spacial score (nSPS) is 28.7. The standard InChI is InChI=1S/C15H30N2OS/c1-16-14(4-8-17(2)3)13-5-9-18-15(12-13)6-10-19-11-7-15/h13-14,16H,4-12H2,1-3H3. The highest BCUT2D eigenvalue weighted by atomic mass is 32.2. The SMILES string of the molecule is CNC(CCN(C)C)C1CCOC2(CCSCC2)C1. The Hall–Kier alpha value is 0.230. The largest absolute Gasteiger partial charge is 0.375 e. The van der Waals surface area contributed by atoms with E-state index in [-0.39, 0.29) is 5.60 Å². The van der Waals surface area contributed by atoms with Gasteiger partial charge in [-0.3, -0.25) is 0 Å². The summed E-state index contributed by atoms with van der Waals surface area (Å²) in [7, 11) is 6.45. The van der Waals surface area contributed by atoms with Crippen molar-refractivity contribution in [1.29, 1.82) is 0 Å². The lowest BCUT2D eigenvalue weighted by Crippen LogP contribution is -2.48. The fourth-order valence-electron chi connectivity index (χ4n) is 3.51. The molecule has 2 atom stereocenters. The molecule has 0 bridgehead atoms. The van der Waals surface area contributed by atoms with Gasteiger partial charge in [0.25, 0.3) is 0 Å². The van der Waals surface area contributed by atoms with Gasteiger partial charge in [-0.25, -0.2) is 0 Å². The third-order valence-corrected chi connectivity index (χ3v) is 5.75. The summed E-state index contributed by atoms with van der Waals surface area (Å²) in [6, 6.07) is 0.651. The summed E-state index contributed by atoms with van der Waals surface area (Å²) in [6.45, 7) is 2.14. The fraction of sp³-hybridized carbons (Fsp3) is 1.00. The molecule has 2 aliphatic heterocycles. The molecule has 112 valence electrons. The molecular weight excluding hydrogens is 256 g/mol. The Morgan fingerprint density at radius 2 is 2.11 bits per heavy atom. The monoisotopic (exact) mass is 286 g/mol. The van der Waals surface area contributed by atoms with Gasteiger partial charge >= 0.3 is 0 Å². The molecule has 2 heterocycles. The van der Waals surface area contributed by atoms with Gasteiger partial charge in [0, 0.05) is 12.6 Å². The first-order chi connectivity index (χ1) is 9.15. The molecule has 1 N–H and O–H groups in total. The van der Waals surface area contributed by atoms with E-state index in [2.05, 4.69) is 43.1 Å². The molecule has 2 rings (SSSR count). The zero-order valence-corrected chi connectivity index (χ0v) is 13.6. The van der Waals surface area contributed by atoms with Crippen molar-refractivity contribution in [1.82, 2.24) is 10.2 Å². The van der Waals surface area contributed by atoms with Crippen molar-refractivity contribution in [2.45, 2.75) is 43.7 Å². The van der Waals surface area contributed by atoms with E-state index >= 15 is 0 Å². The van der Waals surface area contributed by atoms with Crippen LogP contribution in [0.15, 0.2) is 0 Å². The van der Waals surface area contributed by atoms with Gasteiger partial charge in [-0.15, -0.1) is 0 Å². The van der Waals surface area contributed by atoms with Crippen molar-refractivity contribution in [3.63, 3.8) is 0 Å². The number of nitrogens with one attached hydrogen (secondary N) is 1. The maximum atomic E-state index is 6.21. The predicted molar refractivity (Wildman–Crippen MR) is 84.0 cm³/mol. The number of nitrogens with zero attached hydrogens (tertiary/aromatic N) is 1. The van der Waals surface area contributed by atoms with Crippen LogP contribution in [0.25, 0.3) is 0 Å². The molecule has 3 nitrogen and oxygen atoms in total. The molecule has 1 spiro atoms. The van der Waals surface area contributed by atoms with Crippen LogP contribution in [-0.2, 0) is 4.74 Å². The lowest BCUT2D eigenvalue weighted by atomic mass is 9.78. The van der Waals surface area contributed by atoms with Crippen molar-refractivity contribution >= 4 is 11.8 Å². The third kappa shape index (κ3) is 4.35. The smallest absolute Gasteiger partial charge is 0.0701 e. The highest BCUT2D eigenvalue weighted by molar-refractivity contribution is 7.99. The van der Waals surface area contributed by atoms with Gasteiger partial charge < -0.3 is 15.0 Å². The Bertz CT molecular complexity index is 261. The predicted octanol–water partition coefficient (Wildman–Crippen LogP) is 2.22. The van der Waals surface area contributed by atoms with Gasteiger partial charge in [0.05, 0.1) is 5.60 Å². The zero-order chi connectivity index (χ0) is 13.7. The van der Waals surface area contributed by atoms with Crippen LogP contribution in [0.1, 0.15) is 32.1 Å². The Morgan fingerprint density at radius 1 is 1.37 bits per heavy atom. The number of thioether (sulfide) groups is 1. The summed E-state index contributed by atoms with van der Waals surface area (Å²) in [5.41, 5.74) is 0.224. The molecule has 0 saturated carbocycles. The molecule has 2 aliphatic rings. The molecule has 0 aromatic carbocycles. The first kappa shape index (κ1) is 15.6. The number of hydrogen-bond donors (Lipinski definition) is 1. The number of ether oxygens (including phenoxy) is 1. The van der Waals surface area contributed by atoms with Crippen molar-refractivity contribution in [2.24, 2.45) is 5.92 Å². The second-order valence-electron chi connectivity index (χ2n) is 6.38. The molecular formula is C15H30N2OS. The molecule has 2 saturated heterocycles. The summed E-state index contributed by atoms with van der Waals surface area (Å²) in [6.07, 6.45) is 6.27. The van der Waals surface area contributed by atoms with E-state index in [9.17, 15) is 0 Å². The Balaban J connectivity index is 1.90. The second-order valence-corrected chi connectivity index (χ2v) is 7.61. The van der Waals surface area contributed by atoms with E-state index in [0.717, 1.165) is 12.5 Å². The van der Waals surface area contributed by atoms with Crippen LogP contribution in [0.3, 0.4) is 0 Å². The van der Waals surface area contributed by atoms with E-state index < -0.39 is 0 Å². The molecule has 0 aliphatic carbocycles. The quantitative estimate of drug-likeness (QED) is 0.837. The van der Waals surface area contributed by atoms with E-state index in [0.29, 0.717) is 6.04 Å². The highest BCUT2D eigenvalue weighted by Crippen LogP contribution is 2.41. The average molecular weight is 286 g/mol. The Morgan fingerprint density at radius 3 is 2.74 bits per heavy atom. The molecule has 2 unspecified atom stereocenters. The topological polar surface area (TPSA) is 24.5 Å². The van der Waals surface area contributed by atoms with Gasteiger partial charge in [-0.2, -0.15) is 11.8 Å². The maximum absolute atomic E-state index is 6.21. The van der Waals surface area contributed by atoms with Crippen LogP contribution in [0.2, 0.25) is 0 Å². The fourth-order valence-corrected chi connectivity index (χ4v) is 4.75. The summed E-state index contributed by atoms with van der Waals surface area (Å²) in [5.74, 6) is 3.37. The van der Waals surface area contributed by atoms with E-state index in [4.69, 9.17) is 4.74 Å². The van der Waals surface area contributed by atoms with Gasteiger partial charge in [-0.1, -0.05) is 0 Å². The van der Waals surface area contributed by atoms with E-state index in [1.165, 1.54) is 50.2 Å². The average Bonchev–Trinajstić information content (AvgIpc) is 2.40. The molecule has 0 aromatic heterocycles. The van der Waals surface area contributed by atoms with Crippen molar-refractivity contribution in [3.05, 3.63) is 0 Å². The second kappa shape index (κ2) is 7.30. The first-order valence-electron chi connectivity index (χ1n) is 7.69. The molecule has 0 aromatic rings. The molecule has 0 radical (unpaired) electrons. The zero-order valence-electron chi connectivity index (χ0n) is 12.8. The lowest BCUT2D eigenvalue weighted by molar-refractivity contribution is -0.107. The van der Waals surface area contributed by atoms with Crippen LogP contribution in [0.4, 0.5) is 0 Å². The summed E-state index contributed by atoms with van der Waals surface area (Å²) in [5, 5.41) is 3.56. The molecule has 0 amide bonds. The molecule has 2 fully saturated rings. The number of rotatable bonds is 5. The summed E-state index contributed by atoms with van der Waals surface area (Å²) >= 11 is 2.09. The maximum Gasteiger partial charge on any atom is 0.0701 e. The van der Waals surface area contributed by atoms with E-state index in [1.807, 2.05) is 0 Å². The number of hydrogen-bond acceptors (Lipinski definition) is 4.